The summed E-state index contributed by atoms with van der Waals surface area (Å²) in [5.74, 6) is -0.365. The second-order valence-electron chi connectivity index (χ2n) is 7.60. The molecule has 2 aliphatic heterocycles. The number of fused-ring (bicyclic) bond motifs is 1. The Hall–Kier alpha value is -3.72. The van der Waals surface area contributed by atoms with Crippen molar-refractivity contribution in [2.45, 2.75) is 32.0 Å². The van der Waals surface area contributed by atoms with Crippen molar-refractivity contribution in [1.82, 2.24) is 25.2 Å². The Bertz CT molecular complexity index is 1240. The maximum absolute atomic E-state index is 13.0. The predicted molar refractivity (Wildman–Crippen MR) is 113 cm³/mol. The standard InChI is InChI=1S/C22H18ClN5O4/c23-13-3-1-4-15(9-13)32-12-14-10-28(26-25-14)18-6-2-5-16-17(18)11-27(22(16)31)19-7-8-20(29)24-21(19)30/h1-6,9-10,19H,7-8,11-12H2,(H,24,29,30). The van der Waals surface area contributed by atoms with Crippen LogP contribution in [0.3, 0.4) is 0 Å². The second kappa shape index (κ2) is 8.08. The molecule has 0 radical (unpaired) electrons. The highest BCUT2D eigenvalue weighted by atomic mass is 35.5. The number of benzene rings is 2. The van der Waals surface area contributed by atoms with Gasteiger partial charge in [0, 0.05) is 29.1 Å². The molecule has 1 N–H and O–H groups in total. The number of imide groups is 1. The fourth-order valence-corrected chi connectivity index (χ4v) is 4.16. The maximum atomic E-state index is 13.0. The predicted octanol–water partition coefficient (Wildman–Crippen LogP) is 2.26. The van der Waals surface area contributed by atoms with E-state index in [9.17, 15) is 14.4 Å². The largest absolute Gasteiger partial charge is 0.487 e. The lowest BCUT2D eigenvalue weighted by Gasteiger charge is -2.29. The van der Waals surface area contributed by atoms with Crippen LogP contribution < -0.4 is 10.1 Å². The quantitative estimate of drug-likeness (QED) is 0.596. The van der Waals surface area contributed by atoms with Gasteiger partial charge in [-0.1, -0.05) is 28.9 Å². The van der Waals surface area contributed by atoms with Gasteiger partial charge in [-0.05, 0) is 36.8 Å². The Labute approximate surface area is 187 Å². The number of halogens is 1. The van der Waals surface area contributed by atoms with Gasteiger partial charge in [0.1, 0.15) is 24.1 Å². The highest BCUT2D eigenvalue weighted by Gasteiger charge is 2.40. The summed E-state index contributed by atoms with van der Waals surface area (Å²) >= 11 is 5.98. The average molecular weight is 452 g/mol. The van der Waals surface area contributed by atoms with E-state index in [1.54, 1.807) is 47.3 Å². The molecule has 2 aromatic carbocycles. The molecule has 1 fully saturated rings. The molecule has 9 nitrogen and oxygen atoms in total. The molecule has 1 atom stereocenters. The van der Waals surface area contributed by atoms with Gasteiger partial charge in [-0.3, -0.25) is 19.7 Å². The van der Waals surface area contributed by atoms with Gasteiger partial charge in [0.2, 0.25) is 11.8 Å². The Morgan fingerprint density at radius 1 is 1.16 bits per heavy atom. The van der Waals surface area contributed by atoms with Crippen molar-refractivity contribution in [3.05, 3.63) is 70.5 Å². The van der Waals surface area contributed by atoms with E-state index < -0.39 is 11.9 Å². The minimum absolute atomic E-state index is 0.205. The summed E-state index contributed by atoms with van der Waals surface area (Å²) in [5, 5.41) is 11.2. The number of piperidine rings is 1. The molecular weight excluding hydrogens is 434 g/mol. The molecule has 3 heterocycles. The summed E-state index contributed by atoms with van der Waals surface area (Å²) < 4.78 is 7.31. The van der Waals surface area contributed by atoms with Crippen LogP contribution in [0.25, 0.3) is 5.69 Å². The minimum atomic E-state index is -0.669. The average Bonchev–Trinajstić information content (AvgIpc) is 3.37. The van der Waals surface area contributed by atoms with Gasteiger partial charge in [0.25, 0.3) is 5.91 Å². The molecule has 10 heteroatoms. The number of amides is 3. The first-order valence-corrected chi connectivity index (χ1v) is 10.4. The van der Waals surface area contributed by atoms with Gasteiger partial charge < -0.3 is 9.64 Å². The molecule has 3 amide bonds. The summed E-state index contributed by atoms with van der Waals surface area (Å²) in [5.41, 5.74) is 2.58. The van der Waals surface area contributed by atoms with Crippen LogP contribution in [0.5, 0.6) is 5.75 Å². The van der Waals surface area contributed by atoms with E-state index in [4.69, 9.17) is 16.3 Å². The van der Waals surface area contributed by atoms with Gasteiger partial charge in [-0.2, -0.15) is 0 Å². The zero-order valence-electron chi connectivity index (χ0n) is 16.8. The second-order valence-corrected chi connectivity index (χ2v) is 8.04. The number of ether oxygens (including phenoxy) is 1. The van der Waals surface area contributed by atoms with E-state index in [1.807, 2.05) is 6.07 Å². The molecule has 1 aromatic heterocycles. The van der Waals surface area contributed by atoms with Crippen molar-refractivity contribution in [2.24, 2.45) is 0 Å². The zero-order chi connectivity index (χ0) is 22.2. The highest BCUT2D eigenvalue weighted by molar-refractivity contribution is 6.30. The number of hydrogen-bond donors (Lipinski definition) is 1. The van der Waals surface area contributed by atoms with E-state index in [1.165, 1.54) is 4.90 Å². The molecule has 32 heavy (non-hydrogen) atoms. The van der Waals surface area contributed by atoms with Gasteiger partial charge in [-0.15, -0.1) is 5.10 Å². The highest BCUT2D eigenvalue weighted by Crippen LogP contribution is 2.31. The molecule has 1 saturated heterocycles. The fraction of sp³-hybridized carbons (Fsp3) is 0.227. The molecular formula is C22H18ClN5O4. The van der Waals surface area contributed by atoms with Crippen LogP contribution in [0.4, 0.5) is 0 Å². The van der Waals surface area contributed by atoms with Crippen LogP contribution >= 0.6 is 11.6 Å². The number of nitrogens with one attached hydrogen (secondary N) is 1. The van der Waals surface area contributed by atoms with Crippen LogP contribution in [0.2, 0.25) is 5.02 Å². The van der Waals surface area contributed by atoms with E-state index in [-0.39, 0.29) is 31.4 Å². The zero-order valence-corrected chi connectivity index (χ0v) is 17.6. The normalized spacial score (nSPS) is 18.0. The number of carbonyl (C=O) groups is 3. The lowest BCUT2D eigenvalue weighted by molar-refractivity contribution is -0.136. The van der Waals surface area contributed by atoms with Crippen molar-refractivity contribution in [1.29, 1.82) is 0 Å². The number of hydrogen-bond acceptors (Lipinski definition) is 6. The molecule has 162 valence electrons. The van der Waals surface area contributed by atoms with Crippen molar-refractivity contribution in [3.8, 4) is 11.4 Å². The van der Waals surface area contributed by atoms with Crippen LogP contribution in [0.1, 0.15) is 34.5 Å². The van der Waals surface area contributed by atoms with E-state index >= 15 is 0 Å². The third kappa shape index (κ3) is 3.71. The van der Waals surface area contributed by atoms with Gasteiger partial charge in [0.05, 0.1) is 11.9 Å². The third-order valence-electron chi connectivity index (χ3n) is 5.53. The maximum Gasteiger partial charge on any atom is 0.255 e. The van der Waals surface area contributed by atoms with Crippen molar-refractivity contribution in [3.63, 3.8) is 0 Å². The molecule has 3 aromatic rings. The molecule has 0 aliphatic carbocycles. The van der Waals surface area contributed by atoms with Gasteiger partial charge >= 0.3 is 0 Å². The number of rotatable bonds is 5. The molecule has 2 aliphatic rings. The third-order valence-corrected chi connectivity index (χ3v) is 5.76. The number of carbonyl (C=O) groups excluding carboxylic acids is 3. The Morgan fingerprint density at radius 2 is 2.00 bits per heavy atom. The van der Waals surface area contributed by atoms with Crippen LogP contribution in [-0.2, 0) is 22.7 Å². The Morgan fingerprint density at radius 3 is 2.81 bits per heavy atom. The molecule has 0 saturated carbocycles. The lowest BCUT2D eigenvalue weighted by atomic mass is 10.0. The molecule has 5 rings (SSSR count). The van der Waals surface area contributed by atoms with E-state index in [0.29, 0.717) is 34.1 Å². The molecule has 0 spiro atoms. The summed E-state index contributed by atoms with van der Waals surface area (Å²) in [6.45, 7) is 0.460. The first kappa shape index (κ1) is 20.2. The summed E-state index contributed by atoms with van der Waals surface area (Å²) in [4.78, 5) is 38.2. The fourth-order valence-electron chi connectivity index (χ4n) is 3.98. The first-order valence-electron chi connectivity index (χ1n) is 10.1. The summed E-state index contributed by atoms with van der Waals surface area (Å²) in [6.07, 6.45) is 2.26. The van der Waals surface area contributed by atoms with E-state index in [0.717, 1.165) is 5.56 Å². The summed E-state index contributed by atoms with van der Waals surface area (Å²) in [7, 11) is 0. The van der Waals surface area contributed by atoms with Crippen LogP contribution in [-0.4, -0.2) is 43.7 Å². The van der Waals surface area contributed by atoms with Crippen molar-refractivity contribution >= 4 is 29.3 Å². The Balaban J connectivity index is 1.36. The SMILES string of the molecule is O=C1CCC(N2Cc3c(cccc3-n3cc(COc4cccc(Cl)c4)nn3)C2=O)C(=O)N1. The smallest absolute Gasteiger partial charge is 0.255 e. The topological polar surface area (TPSA) is 106 Å². The molecule has 0 bridgehead atoms. The lowest BCUT2D eigenvalue weighted by Crippen LogP contribution is -2.52. The van der Waals surface area contributed by atoms with Crippen molar-refractivity contribution < 1.29 is 19.1 Å². The summed E-state index contributed by atoms with van der Waals surface area (Å²) in [6, 6.07) is 11.7. The van der Waals surface area contributed by atoms with E-state index in [2.05, 4.69) is 15.6 Å². The number of nitrogens with zero attached hydrogens (tertiary/aromatic N) is 4. The first-order chi connectivity index (χ1) is 15.5. The van der Waals surface area contributed by atoms with Gasteiger partial charge in [-0.25, -0.2) is 4.68 Å². The monoisotopic (exact) mass is 451 g/mol. The number of aromatic nitrogens is 3. The Kier molecular flexibility index (Phi) is 5.10. The van der Waals surface area contributed by atoms with Crippen molar-refractivity contribution in [2.75, 3.05) is 0 Å². The minimum Gasteiger partial charge on any atom is -0.487 e. The van der Waals surface area contributed by atoms with Crippen LogP contribution in [0.15, 0.2) is 48.7 Å². The van der Waals surface area contributed by atoms with Crippen LogP contribution in [0, 0.1) is 0 Å². The molecule has 1 unspecified atom stereocenters. The van der Waals surface area contributed by atoms with Gasteiger partial charge in [0.15, 0.2) is 0 Å².